The van der Waals surface area contributed by atoms with Crippen LogP contribution in [0.25, 0.3) is 0 Å². The third kappa shape index (κ3) is 7.97. The first kappa shape index (κ1) is 25.3. The van der Waals surface area contributed by atoms with Crippen molar-refractivity contribution in [2.75, 3.05) is 6.54 Å². The highest BCUT2D eigenvalue weighted by molar-refractivity contribution is 7.88. The van der Waals surface area contributed by atoms with E-state index in [4.69, 9.17) is 20.8 Å². The lowest BCUT2D eigenvalue weighted by atomic mass is 10.1. The molecule has 178 valence electrons. The number of aliphatic carboxylic acids is 2. The number of H-pyrrole nitrogens is 1. The minimum Gasteiger partial charge on any atom is -0.481 e. The van der Waals surface area contributed by atoms with Crippen molar-refractivity contribution in [1.29, 1.82) is 4.78 Å². The van der Waals surface area contributed by atoms with Gasteiger partial charge in [-0.2, -0.15) is 4.98 Å². The maximum Gasteiger partial charge on any atom is 0.321 e. The number of unbranched alkanes of at least 4 members (excludes halogenated alkanes) is 1. The second-order valence-corrected chi connectivity index (χ2v) is 8.58. The van der Waals surface area contributed by atoms with E-state index in [2.05, 4.69) is 29.6 Å². The fraction of sp³-hybridized carbons (Fsp3) is 0.562. The van der Waals surface area contributed by atoms with Gasteiger partial charge in [-0.3, -0.25) is 9.59 Å². The molecule has 15 nitrogen and oxygen atoms in total. The summed E-state index contributed by atoms with van der Waals surface area (Å²) in [4.78, 5) is 33.5. The minimum atomic E-state index is -3.96. The molecule has 0 aliphatic carbocycles. The monoisotopic (exact) mass is 473 g/mol. The zero-order valence-electron chi connectivity index (χ0n) is 17.1. The molecule has 0 saturated heterocycles. The SMILES string of the molecule is N=S(=O)(N[C@@H](CCCCN)C(=O)O)N[C@@H](CC(=O)O)c1nc([C@@H](N)Cc2cnc[nH]2)no1. The highest BCUT2D eigenvalue weighted by atomic mass is 32.2. The number of hydrogen-bond acceptors (Lipinski definition) is 10. The van der Waals surface area contributed by atoms with Gasteiger partial charge in [0.15, 0.2) is 15.9 Å². The molecule has 0 saturated carbocycles. The van der Waals surface area contributed by atoms with E-state index in [1.807, 2.05) is 0 Å². The summed E-state index contributed by atoms with van der Waals surface area (Å²) in [5, 5.41) is 22.2. The molecule has 1 unspecified atom stereocenters. The number of carboxylic acids is 2. The molecule has 10 N–H and O–H groups in total. The number of rotatable bonds is 15. The molecular formula is C16H27N9O6S. The molecule has 2 aromatic rings. The molecule has 32 heavy (non-hydrogen) atoms. The molecule has 0 bridgehead atoms. The highest BCUT2D eigenvalue weighted by Crippen LogP contribution is 2.19. The third-order valence-electron chi connectivity index (χ3n) is 4.32. The van der Waals surface area contributed by atoms with Gasteiger partial charge in [0, 0.05) is 18.3 Å². The van der Waals surface area contributed by atoms with Gasteiger partial charge in [-0.25, -0.2) is 23.4 Å². The van der Waals surface area contributed by atoms with Gasteiger partial charge < -0.3 is 31.2 Å². The maximum atomic E-state index is 12.7. The minimum absolute atomic E-state index is 0.0708. The van der Waals surface area contributed by atoms with E-state index in [-0.39, 0.29) is 18.1 Å². The zero-order valence-corrected chi connectivity index (χ0v) is 17.9. The van der Waals surface area contributed by atoms with Crippen LogP contribution in [0.3, 0.4) is 0 Å². The van der Waals surface area contributed by atoms with Crippen molar-refractivity contribution < 1.29 is 28.5 Å². The molecular weight excluding hydrogens is 446 g/mol. The number of carboxylic acid groups (broad SMARTS) is 2. The van der Waals surface area contributed by atoms with Crippen LogP contribution in [-0.2, 0) is 26.1 Å². The van der Waals surface area contributed by atoms with Crippen LogP contribution < -0.4 is 20.9 Å². The second kappa shape index (κ2) is 11.6. The van der Waals surface area contributed by atoms with Crippen LogP contribution in [-0.4, -0.2) is 59.1 Å². The highest BCUT2D eigenvalue weighted by Gasteiger charge is 2.29. The van der Waals surface area contributed by atoms with Crippen molar-refractivity contribution >= 4 is 22.0 Å². The molecule has 0 aliphatic heterocycles. The summed E-state index contributed by atoms with van der Waals surface area (Å²) < 4.78 is 30.2. The Hall–Kier alpha value is -2.92. The Kier molecular flexibility index (Phi) is 9.21. The first-order valence-electron chi connectivity index (χ1n) is 9.65. The first-order valence-corrected chi connectivity index (χ1v) is 11.2. The summed E-state index contributed by atoms with van der Waals surface area (Å²) in [6.45, 7) is 0.365. The molecule has 0 fully saturated rings. The molecule has 0 aromatic carbocycles. The average molecular weight is 474 g/mol. The quantitative estimate of drug-likeness (QED) is 0.148. The van der Waals surface area contributed by atoms with Gasteiger partial charge in [0.1, 0.15) is 12.1 Å². The number of hydrogen-bond donors (Lipinski definition) is 8. The fourth-order valence-corrected chi connectivity index (χ4v) is 4.05. The summed E-state index contributed by atoms with van der Waals surface area (Å²) >= 11 is 0. The van der Waals surface area contributed by atoms with Gasteiger partial charge in [0.2, 0.25) is 5.89 Å². The molecule has 4 atom stereocenters. The average Bonchev–Trinajstić information content (AvgIpc) is 3.38. The van der Waals surface area contributed by atoms with Crippen LogP contribution in [0.2, 0.25) is 0 Å². The van der Waals surface area contributed by atoms with Crippen LogP contribution in [0.1, 0.15) is 55.2 Å². The lowest BCUT2D eigenvalue weighted by Crippen LogP contribution is -2.47. The number of nitrogens with one attached hydrogen (secondary N) is 4. The lowest BCUT2D eigenvalue weighted by molar-refractivity contribution is -0.139. The summed E-state index contributed by atoms with van der Waals surface area (Å²) in [5.74, 6) is -2.78. The number of carbonyl (C=O) groups is 2. The predicted molar refractivity (Wildman–Crippen MR) is 110 cm³/mol. The number of imidazole rings is 1. The van der Waals surface area contributed by atoms with Crippen molar-refractivity contribution in [3.8, 4) is 0 Å². The predicted octanol–water partition coefficient (Wildman–Crippen LogP) is -0.811. The van der Waals surface area contributed by atoms with Crippen LogP contribution in [0.4, 0.5) is 0 Å². The van der Waals surface area contributed by atoms with E-state index in [0.29, 0.717) is 25.8 Å². The lowest BCUT2D eigenvalue weighted by Gasteiger charge is -2.20. The molecule has 0 amide bonds. The van der Waals surface area contributed by atoms with Gasteiger partial charge in [0.25, 0.3) is 0 Å². The van der Waals surface area contributed by atoms with Crippen LogP contribution >= 0.6 is 0 Å². The standard InChI is InChI=1S/C16H27N9O6S/c17-4-2-1-3-11(16(28)29)24-32(19,30)25-12(6-13(26)27)15-22-14(23-31-15)10(18)5-9-7-20-8-21-9/h7-8,10-12H,1-6,17-18H2,(H,20,21)(H,26,27)(H,28,29)(H3,19,24,25,30)/t10-,11-,12-,32?/m0/s1. The van der Waals surface area contributed by atoms with E-state index in [1.165, 1.54) is 6.33 Å². The van der Waals surface area contributed by atoms with Crippen molar-refractivity contribution in [2.45, 2.75) is 50.2 Å². The van der Waals surface area contributed by atoms with Gasteiger partial charge in [-0.05, 0) is 19.4 Å². The van der Waals surface area contributed by atoms with Gasteiger partial charge >= 0.3 is 11.9 Å². The van der Waals surface area contributed by atoms with E-state index in [0.717, 1.165) is 5.69 Å². The Morgan fingerprint density at radius 2 is 2.06 bits per heavy atom. The Morgan fingerprint density at radius 1 is 1.31 bits per heavy atom. The molecule has 0 radical (unpaired) electrons. The molecule has 0 aliphatic rings. The zero-order chi connectivity index (χ0) is 23.7. The molecule has 2 rings (SSSR count). The van der Waals surface area contributed by atoms with Gasteiger partial charge in [-0.15, -0.1) is 0 Å². The number of aromatic nitrogens is 4. The normalized spacial score (nSPS) is 16.2. The van der Waals surface area contributed by atoms with E-state index in [9.17, 15) is 24.0 Å². The van der Waals surface area contributed by atoms with Crippen molar-refractivity contribution in [2.24, 2.45) is 11.5 Å². The topological polar surface area (TPSA) is 259 Å². The van der Waals surface area contributed by atoms with Crippen LogP contribution in [0.5, 0.6) is 0 Å². The Labute approximate surface area is 183 Å². The summed E-state index contributed by atoms with van der Waals surface area (Å²) in [7, 11) is -3.96. The molecule has 2 aromatic heterocycles. The van der Waals surface area contributed by atoms with E-state index < -0.39 is 46.6 Å². The Bertz CT molecular complexity index is 978. The van der Waals surface area contributed by atoms with Gasteiger partial charge in [-0.1, -0.05) is 11.6 Å². The summed E-state index contributed by atoms with van der Waals surface area (Å²) in [5.41, 5.74) is 12.1. The fourth-order valence-electron chi connectivity index (χ4n) is 2.78. The Morgan fingerprint density at radius 3 is 2.66 bits per heavy atom. The van der Waals surface area contributed by atoms with E-state index >= 15 is 0 Å². The Balaban J connectivity index is 2.12. The summed E-state index contributed by atoms with van der Waals surface area (Å²) in [6.07, 6.45) is 3.79. The smallest absolute Gasteiger partial charge is 0.321 e. The molecule has 2 heterocycles. The van der Waals surface area contributed by atoms with Crippen LogP contribution in [0.15, 0.2) is 17.0 Å². The first-order chi connectivity index (χ1) is 15.1. The van der Waals surface area contributed by atoms with E-state index in [1.54, 1.807) is 6.20 Å². The van der Waals surface area contributed by atoms with Gasteiger partial charge in [0.05, 0.1) is 18.8 Å². The number of nitrogens with zero attached hydrogens (tertiary/aromatic N) is 3. The molecule has 16 heteroatoms. The number of nitrogens with two attached hydrogens (primary N) is 2. The van der Waals surface area contributed by atoms with Crippen molar-refractivity contribution in [3.05, 3.63) is 29.9 Å². The van der Waals surface area contributed by atoms with Crippen molar-refractivity contribution in [1.82, 2.24) is 29.6 Å². The second-order valence-electron chi connectivity index (χ2n) is 7.00. The molecule has 0 spiro atoms. The third-order valence-corrected chi connectivity index (χ3v) is 5.55. The largest absolute Gasteiger partial charge is 0.481 e. The number of aromatic amines is 1. The summed E-state index contributed by atoms with van der Waals surface area (Å²) in [6, 6.07) is -3.33. The maximum absolute atomic E-state index is 12.7. The van der Waals surface area contributed by atoms with Crippen molar-refractivity contribution in [3.63, 3.8) is 0 Å². The van der Waals surface area contributed by atoms with Crippen LogP contribution in [0, 0.1) is 4.78 Å².